The highest BCUT2D eigenvalue weighted by molar-refractivity contribution is 8.15. The fourth-order valence-corrected chi connectivity index (χ4v) is 3.72. The van der Waals surface area contributed by atoms with Gasteiger partial charge >= 0.3 is 0 Å². The SMILES string of the molecule is CCOc1cc(/C=N/N=C2\NC(=O)C(CC(=O)Nc3ccc(C)cc3)S2)ccc1OC. The molecule has 1 heterocycles. The number of benzene rings is 2. The average molecular weight is 441 g/mol. The van der Waals surface area contributed by atoms with Gasteiger partial charge in [-0.3, -0.25) is 9.59 Å². The molecule has 1 fully saturated rings. The van der Waals surface area contributed by atoms with Crippen LogP contribution in [0.2, 0.25) is 0 Å². The lowest BCUT2D eigenvalue weighted by Gasteiger charge is -2.09. The molecule has 2 amide bonds. The number of nitrogens with zero attached hydrogens (tertiary/aromatic N) is 2. The molecule has 2 N–H and O–H groups in total. The summed E-state index contributed by atoms with van der Waals surface area (Å²) >= 11 is 1.18. The average Bonchev–Trinajstić information content (AvgIpc) is 3.09. The highest BCUT2D eigenvalue weighted by Gasteiger charge is 2.32. The van der Waals surface area contributed by atoms with Crippen LogP contribution < -0.4 is 20.1 Å². The minimum Gasteiger partial charge on any atom is -0.493 e. The van der Waals surface area contributed by atoms with E-state index in [1.165, 1.54) is 11.8 Å². The van der Waals surface area contributed by atoms with E-state index in [1.807, 2.05) is 44.2 Å². The van der Waals surface area contributed by atoms with Gasteiger partial charge in [-0.1, -0.05) is 29.5 Å². The van der Waals surface area contributed by atoms with Crippen molar-refractivity contribution in [3.63, 3.8) is 0 Å². The van der Waals surface area contributed by atoms with Gasteiger partial charge in [0.1, 0.15) is 5.25 Å². The van der Waals surface area contributed by atoms with E-state index in [2.05, 4.69) is 20.8 Å². The maximum absolute atomic E-state index is 12.2. The molecule has 1 saturated heterocycles. The van der Waals surface area contributed by atoms with E-state index < -0.39 is 5.25 Å². The Bertz CT molecular complexity index is 1010. The van der Waals surface area contributed by atoms with Crippen LogP contribution >= 0.6 is 11.8 Å². The van der Waals surface area contributed by atoms with E-state index in [-0.39, 0.29) is 18.2 Å². The summed E-state index contributed by atoms with van der Waals surface area (Å²) in [5, 5.41) is 13.3. The third-order valence-electron chi connectivity index (χ3n) is 4.33. The minimum absolute atomic E-state index is 0.0449. The molecule has 0 bridgehead atoms. The van der Waals surface area contributed by atoms with Crippen molar-refractivity contribution < 1.29 is 19.1 Å². The minimum atomic E-state index is -0.551. The predicted octanol–water partition coefficient (Wildman–Crippen LogP) is 3.35. The number of hydrogen-bond acceptors (Lipinski definition) is 7. The van der Waals surface area contributed by atoms with Crippen LogP contribution in [-0.4, -0.2) is 42.2 Å². The Morgan fingerprint density at radius 3 is 2.71 bits per heavy atom. The molecule has 1 unspecified atom stereocenters. The van der Waals surface area contributed by atoms with Crippen molar-refractivity contribution in [2.45, 2.75) is 25.5 Å². The van der Waals surface area contributed by atoms with Crippen molar-refractivity contribution in [2.75, 3.05) is 19.0 Å². The van der Waals surface area contributed by atoms with Crippen LogP contribution in [0.25, 0.3) is 0 Å². The zero-order valence-corrected chi connectivity index (χ0v) is 18.4. The quantitative estimate of drug-likeness (QED) is 0.484. The summed E-state index contributed by atoms with van der Waals surface area (Å²) in [6.45, 7) is 4.38. The van der Waals surface area contributed by atoms with E-state index in [1.54, 1.807) is 25.5 Å². The molecule has 1 aliphatic heterocycles. The Kier molecular flexibility index (Phi) is 7.66. The van der Waals surface area contributed by atoms with Crippen LogP contribution in [0.3, 0.4) is 0 Å². The zero-order valence-electron chi connectivity index (χ0n) is 17.5. The molecule has 9 heteroatoms. The van der Waals surface area contributed by atoms with Gasteiger partial charge in [0.05, 0.1) is 19.9 Å². The molecule has 1 aliphatic rings. The molecule has 2 aromatic rings. The summed E-state index contributed by atoms with van der Waals surface area (Å²) in [6, 6.07) is 12.9. The van der Waals surface area contributed by atoms with E-state index in [0.717, 1.165) is 11.1 Å². The first-order valence-corrected chi connectivity index (χ1v) is 10.6. The Hall–Kier alpha value is -3.33. The second-order valence-electron chi connectivity index (χ2n) is 6.71. The molecule has 0 aromatic heterocycles. The van der Waals surface area contributed by atoms with Crippen LogP contribution in [0.1, 0.15) is 24.5 Å². The van der Waals surface area contributed by atoms with Gasteiger partial charge in [0.25, 0.3) is 0 Å². The third-order valence-corrected chi connectivity index (χ3v) is 5.40. The number of methoxy groups -OCH3 is 1. The zero-order chi connectivity index (χ0) is 22.2. The van der Waals surface area contributed by atoms with Crippen molar-refractivity contribution in [3.05, 3.63) is 53.6 Å². The number of anilines is 1. The third kappa shape index (κ3) is 6.32. The number of carbonyl (C=O) groups is 2. The number of nitrogens with one attached hydrogen (secondary N) is 2. The summed E-state index contributed by atoms with van der Waals surface area (Å²) in [6.07, 6.45) is 1.60. The van der Waals surface area contributed by atoms with Gasteiger partial charge in [0, 0.05) is 12.1 Å². The molecule has 0 spiro atoms. The number of amidine groups is 1. The van der Waals surface area contributed by atoms with E-state index in [4.69, 9.17) is 9.47 Å². The van der Waals surface area contributed by atoms with Gasteiger partial charge < -0.3 is 20.1 Å². The fourth-order valence-electron chi connectivity index (χ4n) is 2.79. The number of amides is 2. The lowest BCUT2D eigenvalue weighted by Crippen LogP contribution is -2.28. The van der Waals surface area contributed by atoms with Crippen LogP contribution in [0.4, 0.5) is 5.69 Å². The Labute approximate surface area is 185 Å². The van der Waals surface area contributed by atoms with Crippen molar-refractivity contribution in [1.29, 1.82) is 0 Å². The van der Waals surface area contributed by atoms with Gasteiger partial charge in [0.2, 0.25) is 11.8 Å². The molecule has 1 atom stereocenters. The van der Waals surface area contributed by atoms with Gasteiger partial charge in [0.15, 0.2) is 16.7 Å². The van der Waals surface area contributed by atoms with Crippen molar-refractivity contribution in [3.8, 4) is 11.5 Å². The normalized spacial score (nSPS) is 17.1. The maximum Gasteiger partial charge on any atom is 0.240 e. The molecule has 0 aliphatic carbocycles. The van der Waals surface area contributed by atoms with Crippen molar-refractivity contribution >= 4 is 40.6 Å². The van der Waals surface area contributed by atoms with Crippen LogP contribution in [0.5, 0.6) is 11.5 Å². The van der Waals surface area contributed by atoms with Crippen LogP contribution in [-0.2, 0) is 9.59 Å². The number of rotatable bonds is 8. The lowest BCUT2D eigenvalue weighted by atomic mass is 10.2. The molecule has 0 radical (unpaired) electrons. The Balaban J connectivity index is 1.57. The standard InChI is InChI=1S/C22H24N4O4S/c1-4-30-18-11-15(7-10-17(18)29-3)13-23-26-22-25-21(28)19(31-22)12-20(27)24-16-8-5-14(2)6-9-16/h5-11,13,19H,4,12H2,1-3H3,(H,24,27)(H,25,26,28)/b23-13+. The Morgan fingerprint density at radius 2 is 2.00 bits per heavy atom. The smallest absolute Gasteiger partial charge is 0.240 e. The second-order valence-corrected chi connectivity index (χ2v) is 7.90. The Morgan fingerprint density at radius 1 is 1.23 bits per heavy atom. The predicted molar refractivity (Wildman–Crippen MR) is 123 cm³/mol. The number of aryl methyl sites for hydroxylation is 1. The van der Waals surface area contributed by atoms with Crippen molar-refractivity contribution in [1.82, 2.24) is 5.32 Å². The maximum atomic E-state index is 12.2. The molecule has 31 heavy (non-hydrogen) atoms. The number of carbonyl (C=O) groups excluding carboxylic acids is 2. The van der Waals surface area contributed by atoms with E-state index in [0.29, 0.717) is 29.0 Å². The monoisotopic (exact) mass is 440 g/mol. The van der Waals surface area contributed by atoms with Gasteiger partial charge in [-0.25, -0.2) is 0 Å². The van der Waals surface area contributed by atoms with Crippen LogP contribution in [0, 0.1) is 6.92 Å². The lowest BCUT2D eigenvalue weighted by molar-refractivity contribution is -0.122. The summed E-state index contributed by atoms with van der Waals surface area (Å²) in [4.78, 5) is 24.4. The molecule has 3 rings (SSSR count). The first kappa shape index (κ1) is 22.4. The van der Waals surface area contributed by atoms with Gasteiger partial charge in [-0.15, -0.1) is 5.10 Å². The molecule has 8 nitrogen and oxygen atoms in total. The molecular weight excluding hydrogens is 416 g/mol. The topological polar surface area (TPSA) is 101 Å². The first-order valence-electron chi connectivity index (χ1n) is 9.74. The molecule has 162 valence electrons. The van der Waals surface area contributed by atoms with Gasteiger partial charge in [-0.05, 0) is 49.7 Å². The first-order chi connectivity index (χ1) is 15.0. The number of ether oxygens (including phenoxy) is 2. The highest BCUT2D eigenvalue weighted by Crippen LogP contribution is 2.27. The molecular formula is C22H24N4O4S. The number of thioether (sulfide) groups is 1. The summed E-state index contributed by atoms with van der Waals surface area (Å²) in [7, 11) is 1.58. The van der Waals surface area contributed by atoms with Crippen molar-refractivity contribution in [2.24, 2.45) is 10.2 Å². The largest absolute Gasteiger partial charge is 0.493 e. The summed E-state index contributed by atoms with van der Waals surface area (Å²) < 4.78 is 10.8. The fraction of sp³-hybridized carbons (Fsp3) is 0.273. The molecule has 2 aromatic carbocycles. The second kappa shape index (κ2) is 10.6. The summed E-state index contributed by atoms with van der Waals surface area (Å²) in [5.41, 5.74) is 2.58. The van der Waals surface area contributed by atoms with E-state index in [9.17, 15) is 9.59 Å². The highest BCUT2D eigenvalue weighted by atomic mass is 32.2. The number of hydrogen-bond donors (Lipinski definition) is 2. The summed E-state index contributed by atoms with van der Waals surface area (Å²) in [5.74, 6) is 0.754. The molecule has 0 saturated carbocycles. The van der Waals surface area contributed by atoms with E-state index >= 15 is 0 Å². The van der Waals surface area contributed by atoms with Gasteiger partial charge in [-0.2, -0.15) is 5.10 Å². The van der Waals surface area contributed by atoms with Crippen LogP contribution in [0.15, 0.2) is 52.7 Å².